The summed E-state index contributed by atoms with van der Waals surface area (Å²) in [6.45, 7) is 4.69. The quantitative estimate of drug-likeness (QED) is 0.844. The van der Waals surface area contributed by atoms with Gasteiger partial charge in [-0.2, -0.15) is 5.10 Å². The second-order valence-corrected chi connectivity index (χ2v) is 4.71. The van der Waals surface area contributed by atoms with Crippen molar-refractivity contribution in [1.29, 1.82) is 0 Å². The first-order valence-electron chi connectivity index (χ1n) is 5.39. The largest absolute Gasteiger partial charge is 0.478 e. The molecule has 0 fully saturated rings. The third-order valence-corrected chi connectivity index (χ3v) is 3.45. The Morgan fingerprint density at radius 3 is 2.82 bits per heavy atom. The molecule has 17 heavy (non-hydrogen) atoms. The van der Waals surface area contributed by atoms with Crippen molar-refractivity contribution in [3.05, 3.63) is 18.0 Å². The van der Waals surface area contributed by atoms with Crippen LogP contribution in [0.3, 0.4) is 0 Å². The summed E-state index contributed by atoms with van der Waals surface area (Å²) < 4.78 is 1.76. The molecule has 2 rings (SSSR count). The number of hydrogen-bond donors (Lipinski definition) is 1. The summed E-state index contributed by atoms with van der Waals surface area (Å²) in [6, 6.07) is 0. The van der Waals surface area contributed by atoms with Crippen molar-refractivity contribution in [2.75, 3.05) is 5.75 Å². The lowest BCUT2D eigenvalue weighted by molar-refractivity contribution is 0.0693. The number of aryl methyl sites for hydroxylation is 1. The van der Waals surface area contributed by atoms with E-state index in [1.54, 1.807) is 10.9 Å². The molecule has 6 heteroatoms. The molecule has 2 aromatic rings. The van der Waals surface area contributed by atoms with Crippen LogP contribution >= 0.6 is 11.8 Å². The highest BCUT2D eigenvalue weighted by molar-refractivity contribution is 7.99. The second kappa shape index (κ2) is 4.75. The number of thioether (sulfide) groups is 1. The van der Waals surface area contributed by atoms with Crippen LogP contribution < -0.4 is 0 Å². The normalized spacial score (nSPS) is 10.9. The van der Waals surface area contributed by atoms with Crippen LogP contribution in [0.15, 0.2) is 17.3 Å². The van der Waals surface area contributed by atoms with Crippen LogP contribution in [0.4, 0.5) is 0 Å². The fourth-order valence-electron chi connectivity index (χ4n) is 1.69. The van der Waals surface area contributed by atoms with E-state index in [9.17, 15) is 4.79 Å². The molecule has 90 valence electrons. The topological polar surface area (TPSA) is 68.0 Å². The smallest absolute Gasteiger partial charge is 0.338 e. The lowest BCUT2D eigenvalue weighted by atomic mass is 10.2. The average molecular weight is 251 g/mol. The Labute approximate surface area is 103 Å². The van der Waals surface area contributed by atoms with Gasteiger partial charge in [-0.3, -0.25) is 0 Å². The summed E-state index contributed by atoms with van der Waals surface area (Å²) in [5.74, 6) is -0.129. The first-order chi connectivity index (χ1) is 8.19. The molecule has 0 unspecified atom stereocenters. The monoisotopic (exact) mass is 251 g/mol. The van der Waals surface area contributed by atoms with Gasteiger partial charge in [0.25, 0.3) is 0 Å². The number of carboxylic acid groups (broad SMARTS) is 1. The van der Waals surface area contributed by atoms with Crippen molar-refractivity contribution in [2.24, 2.45) is 0 Å². The van der Waals surface area contributed by atoms with Gasteiger partial charge in [0.2, 0.25) is 0 Å². The van der Waals surface area contributed by atoms with Crippen molar-refractivity contribution in [3.63, 3.8) is 0 Å². The third kappa shape index (κ3) is 2.00. The highest BCUT2D eigenvalue weighted by Gasteiger charge is 2.16. The van der Waals surface area contributed by atoms with Gasteiger partial charge in [-0.1, -0.05) is 6.92 Å². The van der Waals surface area contributed by atoms with E-state index in [1.165, 1.54) is 18.0 Å². The van der Waals surface area contributed by atoms with E-state index in [0.717, 1.165) is 28.2 Å². The summed E-state index contributed by atoms with van der Waals surface area (Å²) in [6.07, 6.45) is 3.10. The predicted molar refractivity (Wildman–Crippen MR) is 66.6 cm³/mol. The van der Waals surface area contributed by atoms with Crippen LogP contribution in [0.5, 0.6) is 0 Å². The SMILES string of the molecule is CCSc1c(C(=O)O)cnc2c1cnn2CC. The van der Waals surface area contributed by atoms with Crippen molar-refractivity contribution in [2.45, 2.75) is 25.3 Å². The van der Waals surface area contributed by atoms with Crippen LogP contribution in [-0.2, 0) is 6.54 Å². The minimum absolute atomic E-state index is 0.250. The van der Waals surface area contributed by atoms with E-state index in [1.807, 2.05) is 13.8 Å². The molecule has 0 saturated carbocycles. The maximum Gasteiger partial charge on any atom is 0.338 e. The lowest BCUT2D eigenvalue weighted by Crippen LogP contribution is -2.03. The first kappa shape index (κ1) is 11.9. The Bertz CT molecular complexity index is 565. The average Bonchev–Trinajstić information content (AvgIpc) is 2.72. The maximum absolute atomic E-state index is 11.1. The van der Waals surface area contributed by atoms with Crippen molar-refractivity contribution < 1.29 is 9.90 Å². The molecule has 0 aliphatic heterocycles. The highest BCUT2D eigenvalue weighted by Crippen LogP contribution is 2.30. The Hall–Kier alpha value is -1.56. The fraction of sp³-hybridized carbons (Fsp3) is 0.364. The maximum atomic E-state index is 11.1. The van der Waals surface area contributed by atoms with Gasteiger partial charge in [-0.25, -0.2) is 14.5 Å². The Kier molecular flexibility index (Phi) is 3.33. The first-order valence-corrected chi connectivity index (χ1v) is 6.38. The molecule has 0 atom stereocenters. The number of aromatic nitrogens is 3. The summed E-state index contributed by atoms with van der Waals surface area (Å²) in [5, 5.41) is 14.2. The van der Waals surface area contributed by atoms with E-state index in [2.05, 4.69) is 10.1 Å². The number of nitrogens with zero attached hydrogens (tertiary/aromatic N) is 3. The molecule has 0 amide bonds. The molecule has 5 nitrogen and oxygen atoms in total. The molecule has 0 aromatic carbocycles. The summed E-state index contributed by atoms with van der Waals surface area (Å²) in [7, 11) is 0. The van der Waals surface area contributed by atoms with Gasteiger partial charge in [0.1, 0.15) is 0 Å². The Morgan fingerprint density at radius 2 is 2.24 bits per heavy atom. The molecule has 1 N–H and O–H groups in total. The number of carbonyl (C=O) groups is 1. The van der Waals surface area contributed by atoms with Gasteiger partial charge in [0.05, 0.1) is 17.1 Å². The zero-order valence-electron chi connectivity index (χ0n) is 9.67. The van der Waals surface area contributed by atoms with Crippen LogP contribution in [-0.4, -0.2) is 31.6 Å². The molecule has 0 bridgehead atoms. The number of hydrogen-bond acceptors (Lipinski definition) is 4. The second-order valence-electron chi connectivity index (χ2n) is 3.44. The number of fused-ring (bicyclic) bond motifs is 1. The van der Waals surface area contributed by atoms with Gasteiger partial charge in [0.15, 0.2) is 5.65 Å². The van der Waals surface area contributed by atoms with Crippen LogP contribution in [0.2, 0.25) is 0 Å². The van der Waals surface area contributed by atoms with E-state index in [0.29, 0.717) is 0 Å². The van der Waals surface area contributed by atoms with Gasteiger partial charge in [0, 0.05) is 17.6 Å². The number of pyridine rings is 1. The number of carboxylic acids is 1. The van der Waals surface area contributed by atoms with E-state index < -0.39 is 5.97 Å². The minimum Gasteiger partial charge on any atom is -0.478 e. The van der Waals surface area contributed by atoms with Gasteiger partial charge >= 0.3 is 5.97 Å². The molecule has 0 spiro atoms. The third-order valence-electron chi connectivity index (χ3n) is 2.44. The van der Waals surface area contributed by atoms with Crippen LogP contribution in [0.25, 0.3) is 11.0 Å². The molecular weight excluding hydrogens is 238 g/mol. The van der Waals surface area contributed by atoms with Gasteiger partial charge in [-0.05, 0) is 12.7 Å². The highest BCUT2D eigenvalue weighted by atomic mass is 32.2. The molecular formula is C11H13N3O2S. The van der Waals surface area contributed by atoms with E-state index in [-0.39, 0.29) is 5.56 Å². The van der Waals surface area contributed by atoms with Crippen LogP contribution in [0.1, 0.15) is 24.2 Å². The molecule has 0 aliphatic carbocycles. The Balaban J connectivity index is 2.70. The Morgan fingerprint density at radius 1 is 1.47 bits per heavy atom. The number of rotatable bonds is 4. The fourth-order valence-corrected chi connectivity index (χ4v) is 2.57. The minimum atomic E-state index is -0.945. The number of aromatic carboxylic acids is 1. The van der Waals surface area contributed by atoms with Gasteiger partial charge in [-0.15, -0.1) is 11.8 Å². The van der Waals surface area contributed by atoms with Crippen molar-refractivity contribution in [3.8, 4) is 0 Å². The van der Waals surface area contributed by atoms with Crippen molar-refractivity contribution in [1.82, 2.24) is 14.8 Å². The van der Waals surface area contributed by atoms with E-state index >= 15 is 0 Å². The zero-order valence-corrected chi connectivity index (χ0v) is 10.5. The predicted octanol–water partition coefficient (Wildman–Crippen LogP) is 2.26. The molecule has 0 radical (unpaired) electrons. The van der Waals surface area contributed by atoms with Gasteiger partial charge < -0.3 is 5.11 Å². The summed E-state index contributed by atoms with van der Waals surface area (Å²) >= 11 is 1.51. The van der Waals surface area contributed by atoms with E-state index in [4.69, 9.17) is 5.11 Å². The summed E-state index contributed by atoms with van der Waals surface area (Å²) in [5.41, 5.74) is 0.994. The summed E-state index contributed by atoms with van der Waals surface area (Å²) in [4.78, 5) is 16.1. The molecule has 0 saturated heterocycles. The standard InChI is InChI=1S/C11H13N3O2S/c1-3-14-10-7(6-13-14)9(17-4-2)8(5-12-10)11(15)16/h5-6H,3-4H2,1-2H3,(H,15,16). The molecule has 0 aliphatic rings. The zero-order chi connectivity index (χ0) is 12.4. The van der Waals surface area contributed by atoms with Crippen LogP contribution in [0, 0.1) is 0 Å². The lowest BCUT2D eigenvalue weighted by Gasteiger charge is -2.05. The van der Waals surface area contributed by atoms with Crippen molar-refractivity contribution >= 4 is 28.8 Å². The molecule has 2 aromatic heterocycles. The molecule has 2 heterocycles.